The summed E-state index contributed by atoms with van der Waals surface area (Å²) in [6, 6.07) is 25.4. The zero-order valence-corrected chi connectivity index (χ0v) is 16.8. The lowest BCUT2D eigenvalue weighted by Crippen LogP contribution is -2.46. The highest BCUT2D eigenvalue weighted by atomic mass is 16.5. The molecule has 0 bridgehead atoms. The van der Waals surface area contributed by atoms with Gasteiger partial charge in [-0.25, -0.2) is 0 Å². The molecule has 0 N–H and O–H groups in total. The van der Waals surface area contributed by atoms with Crippen molar-refractivity contribution >= 4 is 10.8 Å². The first-order chi connectivity index (χ1) is 14.3. The summed E-state index contributed by atoms with van der Waals surface area (Å²) in [6.45, 7) is 6.43. The first-order valence-corrected chi connectivity index (χ1v) is 10.3. The van der Waals surface area contributed by atoms with Gasteiger partial charge in [0, 0.05) is 51.3 Å². The third kappa shape index (κ3) is 4.95. The van der Waals surface area contributed by atoms with E-state index in [0.29, 0.717) is 13.0 Å². The molecule has 1 saturated heterocycles. The van der Waals surface area contributed by atoms with Gasteiger partial charge in [-0.1, -0.05) is 60.7 Å². The van der Waals surface area contributed by atoms with Gasteiger partial charge >= 0.3 is 0 Å². The number of hydrogen-bond donors (Lipinski definition) is 0. The van der Waals surface area contributed by atoms with Gasteiger partial charge in [-0.3, -0.25) is 9.80 Å². The Bertz CT molecular complexity index is 972. The van der Waals surface area contributed by atoms with Gasteiger partial charge in [0.15, 0.2) is 0 Å². The van der Waals surface area contributed by atoms with Crippen LogP contribution in [0.25, 0.3) is 10.8 Å². The summed E-state index contributed by atoms with van der Waals surface area (Å²) in [4.78, 5) is 4.88. The molecular formula is C25H27N3O. The maximum Gasteiger partial charge on any atom is 0.124 e. The Balaban J connectivity index is 1.51. The molecule has 3 aromatic rings. The van der Waals surface area contributed by atoms with Crippen molar-refractivity contribution in [2.75, 3.05) is 32.7 Å². The number of rotatable bonds is 7. The molecule has 0 saturated carbocycles. The van der Waals surface area contributed by atoms with Crippen molar-refractivity contribution in [3.63, 3.8) is 0 Å². The lowest BCUT2D eigenvalue weighted by molar-refractivity contribution is 0.128. The molecule has 4 nitrogen and oxygen atoms in total. The summed E-state index contributed by atoms with van der Waals surface area (Å²) in [5.74, 6) is 0.972. The molecule has 0 aliphatic carbocycles. The number of ether oxygens (including phenoxy) is 1. The van der Waals surface area contributed by atoms with Crippen molar-refractivity contribution in [1.82, 2.24) is 9.80 Å². The highest BCUT2D eigenvalue weighted by molar-refractivity contribution is 5.87. The average Bonchev–Trinajstić information content (AvgIpc) is 2.79. The molecule has 0 amide bonds. The van der Waals surface area contributed by atoms with E-state index >= 15 is 0 Å². The smallest absolute Gasteiger partial charge is 0.124 e. The summed E-state index contributed by atoms with van der Waals surface area (Å²) in [5.41, 5.74) is 2.45. The quantitative estimate of drug-likeness (QED) is 0.602. The molecule has 0 spiro atoms. The second-order valence-electron chi connectivity index (χ2n) is 7.56. The molecule has 1 fully saturated rings. The van der Waals surface area contributed by atoms with Crippen molar-refractivity contribution in [2.45, 2.75) is 19.6 Å². The zero-order chi connectivity index (χ0) is 19.9. The van der Waals surface area contributed by atoms with E-state index < -0.39 is 0 Å². The van der Waals surface area contributed by atoms with E-state index in [2.05, 4.69) is 64.4 Å². The molecule has 1 aliphatic heterocycles. The van der Waals surface area contributed by atoms with Crippen molar-refractivity contribution in [3.05, 3.63) is 77.9 Å². The van der Waals surface area contributed by atoms with E-state index in [1.807, 2.05) is 18.2 Å². The van der Waals surface area contributed by atoms with Crippen molar-refractivity contribution in [2.24, 2.45) is 0 Å². The van der Waals surface area contributed by atoms with Crippen LogP contribution in [-0.2, 0) is 13.2 Å². The van der Waals surface area contributed by atoms with Crippen LogP contribution in [0.1, 0.15) is 17.5 Å². The van der Waals surface area contributed by atoms with Gasteiger partial charge < -0.3 is 4.74 Å². The largest absolute Gasteiger partial charge is 0.489 e. The zero-order valence-electron chi connectivity index (χ0n) is 16.8. The first kappa shape index (κ1) is 19.4. The normalized spacial score (nSPS) is 15.3. The third-order valence-corrected chi connectivity index (χ3v) is 5.62. The Morgan fingerprint density at radius 1 is 0.828 bits per heavy atom. The van der Waals surface area contributed by atoms with Crippen LogP contribution < -0.4 is 4.74 Å². The van der Waals surface area contributed by atoms with E-state index in [0.717, 1.165) is 45.0 Å². The standard InChI is InChI=1S/C25H27N3O/c26-13-6-14-27-15-17-28(18-16-27)19-24-23-10-5-4-9-22(23)11-12-25(24)29-20-21-7-2-1-3-8-21/h1-5,7-12H,6,14-20H2. The molecule has 0 atom stereocenters. The Morgan fingerprint density at radius 3 is 2.34 bits per heavy atom. The Kier molecular flexibility index (Phi) is 6.41. The molecule has 0 unspecified atom stereocenters. The van der Waals surface area contributed by atoms with Crippen LogP contribution in [0, 0.1) is 11.3 Å². The Labute approximate surface area is 172 Å². The highest BCUT2D eigenvalue weighted by Crippen LogP contribution is 2.30. The molecule has 0 radical (unpaired) electrons. The van der Waals surface area contributed by atoms with E-state index in [-0.39, 0.29) is 0 Å². The maximum atomic E-state index is 8.81. The summed E-state index contributed by atoms with van der Waals surface area (Å²) < 4.78 is 6.27. The minimum atomic E-state index is 0.577. The monoisotopic (exact) mass is 385 g/mol. The summed E-state index contributed by atoms with van der Waals surface area (Å²) in [6.07, 6.45) is 0.612. The van der Waals surface area contributed by atoms with E-state index in [9.17, 15) is 0 Å². The summed E-state index contributed by atoms with van der Waals surface area (Å²) in [5, 5.41) is 11.3. The minimum absolute atomic E-state index is 0.577. The van der Waals surface area contributed by atoms with Crippen molar-refractivity contribution in [3.8, 4) is 11.8 Å². The highest BCUT2D eigenvalue weighted by Gasteiger charge is 2.19. The van der Waals surface area contributed by atoms with Crippen LogP contribution in [0.3, 0.4) is 0 Å². The second-order valence-corrected chi connectivity index (χ2v) is 7.56. The number of benzene rings is 3. The number of nitrogens with zero attached hydrogens (tertiary/aromatic N) is 3. The van der Waals surface area contributed by atoms with Gasteiger partial charge in [0.25, 0.3) is 0 Å². The number of piperazine rings is 1. The fraction of sp³-hybridized carbons (Fsp3) is 0.320. The topological polar surface area (TPSA) is 39.5 Å². The van der Waals surface area contributed by atoms with Crippen LogP contribution >= 0.6 is 0 Å². The van der Waals surface area contributed by atoms with Gasteiger partial charge in [0.2, 0.25) is 0 Å². The molecule has 0 aromatic heterocycles. The fourth-order valence-corrected chi connectivity index (χ4v) is 3.95. The van der Waals surface area contributed by atoms with Gasteiger partial charge in [0.1, 0.15) is 12.4 Å². The maximum absolute atomic E-state index is 8.81. The van der Waals surface area contributed by atoms with Crippen LogP contribution in [-0.4, -0.2) is 42.5 Å². The van der Waals surface area contributed by atoms with Gasteiger partial charge in [-0.2, -0.15) is 5.26 Å². The van der Waals surface area contributed by atoms with Crippen LogP contribution in [0.5, 0.6) is 5.75 Å². The molecule has 29 heavy (non-hydrogen) atoms. The molecule has 1 aliphatic rings. The first-order valence-electron chi connectivity index (χ1n) is 10.3. The predicted molar refractivity (Wildman–Crippen MR) is 117 cm³/mol. The van der Waals surface area contributed by atoms with E-state index in [1.54, 1.807) is 0 Å². The number of fused-ring (bicyclic) bond motifs is 1. The fourth-order valence-electron chi connectivity index (χ4n) is 3.95. The summed E-state index contributed by atoms with van der Waals surface area (Å²) >= 11 is 0. The van der Waals surface area contributed by atoms with Crippen molar-refractivity contribution < 1.29 is 4.74 Å². The van der Waals surface area contributed by atoms with Gasteiger partial charge in [-0.05, 0) is 22.4 Å². The molecule has 4 rings (SSSR count). The molecule has 3 aromatic carbocycles. The van der Waals surface area contributed by atoms with Crippen molar-refractivity contribution in [1.29, 1.82) is 5.26 Å². The number of nitriles is 1. The molecule has 4 heteroatoms. The SMILES string of the molecule is N#CCCN1CCN(Cc2c(OCc3ccccc3)ccc3ccccc23)CC1. The average molecular weight is 386 g/mol. The minimum Gasteiger partial charge on any atom is -0.489 e. The lowest BCUT2D eigenvalue weighted by atomic mass is 10.0. The van der Waals surface area contributed by atoms with E-state index in [1.165, 1.54) is 21.9 Å². The van der Waals surface area contributed by atoms with Gasteiger partial charge in [0.05, 0.1) is 6.07 Å². The lowest BCUT2D eigenvalue weighted by Gasteiger charge is -2.34. The van der Waals surface area contributed by atoms with Crippen LogP contribution in [0.4, 0.5) is 0 Å². The van der Waals surface area contributed by atoms with Crippen LogP contribution in [0.2, 0.25) is 0 Å². The second kappa shape index (κ2) is 9.56. The molecule has 148 valence electrons. The number of hydrogen-bond acceptors (Lipinski definition) is 4. The molecule has 1 heterocycles. The Morgan fingerprint density at radius 2 is 1.55 bits per heavy atom. The van der Waals surface area contributed by atoms with Crippen LogP contribution in [0.15, 0.2) is 66.7 Å². The molecular weight excluding hydrogens is 358 g/mol. The summed E-state index contributed by atoms with van der Waals surface area (Å²) in [7, 11) is 0. The Hall–Kier alpha value is -2.87. The van der Waals surface area contributed by atoms with Gasteiger partial charge in [-0.15, -0.1) is 0 Å². The van der Waals surface area contributed by atoms with E-state index in [4.69, 9.17) is 10.00 Å². The predicted octanol–water partition coefficient (Wildman–Crippen LogP) is 4.45. The third-order valence-electron chi connectivity index (χ3n) is 5.62.